The van der Waals surface area contributed by atoms with Crippen molar-refractivity contribution in [2.75, 3.05) is 0 Å². The molecule has 1 aliphatic carbocycles. The maximum Gasteiger partial charge on any atom is 0.122 e. The van der Waals surface area contributed by atoms with Crippen LogP contribution in [-0.4, -0.2) is 16.1 Å². The number of aldehydes is 1. The van der Waals surface area contributed by atoms with Gasteiger partial charge < -0.3 is 4.79 Å². The first kappa shape index (κ1) is 10.4. The number of carbonyl (C=O) groups is 1. The summed E-state index contributed by atoms with van der Waals surface area (Å²) in [6, 6.07) is 2.22. The van der Waals surface area contributed by atoms with Crippen molar-refractivity contribution in [1.82, 2.24) is 9.78 Å². The summed E-state index contributed by atoms with van der Waals surface area (Å²) in [5, 5.41) is 4.27. The van der Waals surface area contributed by atoms with Crippen molar-refractivity contribution >= 4 is 6.29 Å². The third-order valence-electron chi connectivity index (χ3n) is 3.40. The maximum absolute atomic E-state index is 10.7. The second kappa shape index (κ2) is 5.10. The van der Waals surface area contributed by atoms with E-state index in [9.17, 15) is 4.79 Å². The Balaban J connectivity index is 2.07. The summed E-state index contributed by atoms with van der Waals surface area (Å²) in [5.41, 5.74) is 0. The minimum Gasteiger partial charge on any atom is -0.303 e. The first-order chi connectivity index (χ1) is 7.42. The number of nitrogens with zero attached hydrogens (tertiary/aromatic N) is 2. The van der Waals surface area contributed by atoms with Gasteiger partial charge in [0.25, 0.3) is 0 Å². The Bertz CT molecular complexity index is 289. The van der Waals surface area contributed by atoms with Gasteiger partial charge in [-0.25, -0.2) is 0 Å². The van der Waals surface area contributed by atoms with E-state index in [1.807, 2.05) is 16.9 Å². The van der Waals surface area contributed by atoms with Crippen LogP contribution in [0.3, 0.4) is 0 Å². The van der Waals surface area contributed by atoms with Gasteiger partial charge in [0.2, 0.25) is 0 Å². The standard InChI is InChI=1S/C12H18N2O/c15-10-7-12(14-9-4-8-13-14)11-5-2-1-3-6-11/h4,8-12H,1-3,5-7H2/t12-/m0/s1. The second-order valence-corrected chi connectivity index (χ2v) is 4.35. The Morgan fingerprint density at radius 1 is 1.40 bits per heavy atom. The number of aromatic nitrogens is 2. The lowest BCUT2D eigenvalue weighted by atomic mass is 9.83. The van der Waals surface area contributed by atoms with Gasteiger partial charge in [-0.2, -0.15) is 5.10 Å². The highest BCUT2D eigenvalue weighted by molar-refractivity contribution is 5.50. The van der Waals surface area contributed by atoms with Gasteiger partial charge in [-0.3, -0.25) is 4.68 Å². The monoisotopic (exact) mass is 206 g/mol. The molecular formula is C12H18N2O. The molecule has 1 heterocycles. The molecule has 0 unspecified atom stereocenters. The van der Waals surface area contributed by atoms with Crippen molar-refractivity contribution in [3.8, 4) is 0 Å². The predicted molar refractivity (Wildman–Crippen MR) is 58.5 cm³/mol. The van der Waals surface area contributed by atoms with E-state index < -0.39 is 0 Å². The van der Waals surface area contributed by atoms with Gasteiger partial charge in [0.1, 0.15) is 6.29 Å². The molecule has 3 nitrogen and oxygen atoms in total. The molecule has 0 radical (unpaired) electrons. The quantitative estimate of drug-likeness (QED) is 0.710. The van der Waals surface area contributed by atoms with Crippen LogP contribution in [-0.2, 0) is 4.79 Å². The summed E-state index contributed by atoms with van der Waals surface area (Å²) >= 11 is 0. The van der Waals surface area contributed by atoms with E-state index >= 15 is 0 Å². The SMILES string of the molecule is O=CC[C@@H](C1CCCCC1)n1cccn1. The van der Waals surface area contributed by atoms with Crippen LogP contribution in [0.1, 0.15) is 44.6 Å². The lowest BCUT2D eigenvalue weighted by Gasteiger charge is -2.29. The minimum atomic E-state index is 0.290. The Kier molecular flexibility index (Phi) is 3.54. The zero-order valence-electron chi connectivity index (χ0n) is 9.01. The molecular weight excluding hydrogens is 188 g/mol. The molecule has 1 aromatic heterocycles. The molecule has 15 heavy (non-hydrogen) atoms. The topological polar surface area (TPSA) is 34.9 Å². The molecule has 3 heteroatoms. The van der Waals surface area contributed by atoms with Crippen LogP contribution in [0.5, 0.6) is 0 Å². The highest BCUT2D eigenvalue weighted by atomic mass is 16.1. The molecule has 1 fully saturated rings. The van der Waals surface area contributed by atoms with Gasteiger partial charge in [0, 0.05) is 18.8 Å². The molecule has 2 rings (SSSR count). The molecule has 1 atom stereocenters. The Morgan fingerprint density at radius 2 is 2.20 bits per heavy atom. The second-order valence-electron chi connectivity index (χ2n) is 4.35. The molecule has 0 N–H and O–H groups in total. The van der Waals surface area contributed by atoms with Gasteiger partial charge in [-0.05, 0) is 24.8 Å². The van der Waals surface area contributed by atoms with Gasteiger partial charge >= 0.3 is 0 Å². The maximum atomic E-state index is 10.7. The van der Waals surface area contributed by atoms with E-state index in [1.54, 1.807) is 6.20 Å². The molecule has 1 aromatic rings. The number of rotatable bonds is 4. The first-order valence-corrected chi connectivity index (χ1v) is 5.84. The van der Waals surface area contributed by atoms with Gasteiger partial charge in [-0.15, -0.1) is 0 Å². The summed E-state index contributed by atoms with van der Waals surface area (Å²) < 4.78 is 1.96. The summed E-state index contributed by atoms with van der Waals surface area (Å²) in [6.07, 6.45) is 11.9. The van der Waals surface area contributed by atoms with E-state index in [0.29, 0.717) is 12.3 Å². The summed E-state index contributed by atoms with van der Waals surface area (Å²) in [4.78, 5) is 10.7. The molecule has 0 aromatic carbocycles. The van der Waals surface area contributed by atoms with Crippen LogP contribution in [0.15, 0.2) is 18.5 Å². The molecule has 0 spiro atoms. The van der Waals surface area contributed by atoms with Crippen molar-refractivity contribution in [2.45, 2.75) is 44.6 Å². The summed E-state index contributed by atoms with van der Waals surface area (Å²) in [7, 11) is 0. The summed E-state index contributed by atoms with van der Waals surface area (Å²) in [6.45, 7) is 0. The van der Waals surface area contributed by atoms with Crippen LogP contribution in [0.2, 0.25) is 0 Å². The predicted octanol–water partition coefficient (Wildman–Crippen LogP) is 2.59. The van der Waals surface area contributed by atoms with Crippen LogP contribution in [0.25, 0.3) is 0 Å². The van der Waals surface area contributed by atoms with Crippen LogP contribution < -0.4 is 0 Å². The van der Waals surface area contributed by atoms with E-state index in [-0.39, 0.29) is 6.04 Å². The third kappa shape index (κ3) is 2.46. The fourth-order valence-corrected chi connectivity index (χ4v) is 2.61. The third-order valence-corrected chi connectivity index (χ3v) is 3.40. The van der Waals surface area contributed by atoms with E-state index in [2.05, 4.69) is 5.10 Å². The van der Waals surface area contributed by atoms with Gasteiger partial charge in [0.15, 0.2) is 0 Å². The number of hydrogen-bond acceptors (Lipinski definition) is 2. The molecule has 1 aliphatic rings. The van der Waals surface area contributed by atoms with Crippen molar-refractivity contribution < 1.29 is 4.79 Å². The highest BCUT2D eigenvalue weighted by Crippen LogP contribution is 2.33. The van der Waals surface area contributed by atoms with E-state index in [4.69, 9.17) is 0 Å². The zero-order valence-corrected chi connectivity index (χ0v) is 9.01. The molecule has 0 aliphatic heterocycles. The number of carbonyl (C=O) groups excluding carboxylic acids is 1. The van der Waals surface area contributed by atoms with Crippen molar-refractivity contribution in [3.05, 3.63) is 18.5 Å². The summed E-state index contributed by atoms with van der Waals surface area (Å²) in [5.74, 6) is 0.642. The van der Waals surface area contributed by atoms with E-state index in [0.717, 1.165) is 6.29 Å². The lowest BCUT2D eigenvalue weighted by Crippen LogP contribution is -2.22. The average molecular weight is 206 g/mol. The Hall–Kier alpha value is -1.12. The van der Waals surface area contributed by atoms with Crippen molar-refractivity contribution in [2.24, 2.45) is 5.92 Å². The van der Waals surface area contributed by atoms with Crippen molar-refractivity contribution in [1.29, 1.82) is 0 Å². The van der Waals surface area contributed by atoms with E-state index in [1.165, 1.54) is 32.1 Å². The van der Waals surface area contributed by atoms with Crippen molar-refractivity contribution in [3.63, 3.8) is 0 Å². The normalized spacial score (nSPS) is 20.0. The molecule has 82 valence electrons. The lowest BCUT2D eigenvalue weighted by molar-refractivity contribution is -0.109. The Labute approximate surface area is 90.5 Å². The minimum absolute atomic E-state index is 0.290. The Morgan fingerprint density at radius 3 is 2.80 bits per heavy atom. The first-order valence-electron chi connectivity index (χ1n) is 5.84. The molecule has 0 saturated heterocycles. The highest BCUT2D eigenvalue weighted by Gasteiger charge is 2.24. The van der Waals surface area contributed by atoms with Crippen LogP contribution in [0, 0.1) is 5.92 Å². The number of hydrogen-bond donors (Lipinski definition) is 0. The van der Waals surface area contributed by atoms with Crippen LogP contribution in [0.4, 0.5) is 0 Å². The van der Waals surface area contributed by atoms with Gasteiger partial charge in [-0.1, -0.05) is 19.3 Å². The van der Waals surface area contributed by atoms with Gasteiger partial charge in [0.05, 0.1) is 6.04 Å². The molecule has 1 saturated carbocycles. The molecule has 0 bridgehead atoms. The van der Waals surface area contributed by atoms with Crippen LogP contribution >= 0.6 is 0 Å². The largest absolute Gasteiger partial charge is 0.303 e. The zero-order chi connectivity index (χ0) is 10.5. The average Bonchev–Trinajstić information content (AvgIpc) is 2.80. The fraction of sp³-hybridized carbons (Fsp3) is 0.667. The molecule has 0 amide bonds. The fourth-order valence-electron chi connectivity index (χ4n) is 2.61. The smallest absolute Gasteiger partial charge is 0.122 e.